The van der Waals surface area contributed by atoms with Crippen LogP contribution in [0, 0.1) is 15.9 Å². The summed E-state index contributed by atoms with van der Waals surface area (Å²) < 4.78 is 12.9. The molecule has 17 heavy (non-hydrogen) atoms. The summed E-state index contributed by atoms with van der Waals surface area (Å²) >= 11 is 0. The first-order chi connectivity index (χ1) is 8.15. The van der Waals surface area contributed by atoms with Crippen LogP contribution in [0.25, 0.3) is 0 Å². The number of nitro benzene ring substituents is 1. The second kappa shape index (κ2) is 4.61. The van der Waals surface area contributed by atoms with Crippen molar-refractivity contribution in [3.05, 3.63) is 64.5 Å². The maximum Gasteiger partial charge on any atom is 0.271 e. The monoisotopic (exact) mass is 232 g/mol. The maximum absolute atomic E-state index is 12.9. The van der Waals surface area contributed by atoms with Gasteiger partial charge >= 0.3 is 0 Å². The first-order valence-electron chi connectivity index (χ1n) is 4.92. The van der Waals surface area contributed by atoms with Crippen LogP contribution < -0.4 is 5.32 Å². The molecule has 0 amide bonds. The van der Waals surface area contributed by atoms with Gasteiger partial charge in [-0.25, -0.2) is 4.39 Å². The molecule has 0 bridgehead atoms. The summed E-state index contributed by atoms with van der Waals surface area (Å²) in [6.45, 7) is 0. The summed E-state index contributed by atoms with van der Waals surface area (Å²) in [6.07, 6.45) is 0. The highest BCUT2D eigenvalue weighted by Gasteiger charge is 2.05. The Bertz CT molecular complexity index is 558. The van der Waals surface area contributed by atoms with Gasteiger partial charge in [0.15, 0.2) is 0 Å². The predicted molar refractivity (Wildman–Crippen MR) is 62.8 cm³/mol. The van der Waals surface area contributed by atoms with Crippen LogP contribution in [-0.2, 0) is 0 Å². The van der Waals surface area contributed by atoms with Crippen molar-refractivity contribution in [3.63, 3.8) is 0 Å². The maximum atomic E-state index is 12.9. The van der Waals surface area contributed by atoms with Gasteiger partial charge in [-0.2, -0.15) is 0 Å². The summed E-state index contributed by atoms with van der Waals surface area (Å²) in [5.74, 6) is -0.361. The number of non-ortho nitro benzene ring substituents is 1. The average molecular weight is 232 g/mol. The van der Waals surface area contributed by atoms with Crippen LogP contribution in [0.4, 0.5) is 21.5 Å². The number of hydrogen-bond acceptors (Lipinski definition) is 3. The van der Waals surface area contributed by atoms with Crippen LogP contribution in [0.3, 0.4) is 0 Å². The second-order valence-electron chi connectivity index (χ2n) is 3.44. The normalized spacial score (nSPS) is 9.94. The van der Waals surface area contributed by atoms with E-state index >= 15 is 0 Å². The van der Waals surface area contributed by atoms with Crippen molar-refractivity contribution in [2.24, 2.45) is 0 Å². The summed E-state index contributed by atoms with van der Waals surface area (Å²) in [7, 11) is 0. The number of hydrogen-bond donors (Lipinski definition) is 1. The molecule has 0 atom stereocenters. The van der Waals surface area contributed by atoms with Crippen LogP contribution in [0.2, 0.25) is 0 Å². The van der Waals surface area contributed by atoms with E-state index < -0.39 is 4.92 Å². The molecule has 0 aliphatic heterocycles. The van der Waals surface area contributed by atoms with Crippen LogP contribution >= 0.6 is 0 Å². The number of nitro groups is 1. The molecule has 0 saturated heterocycles. The number of benzene rings is 2. The van der Waals surface area contributed by atoms with E-state index in [1.165, 1.54) is 24.3 Å². The number of rotatable bonds is 3. The van der Waals surface area contributed by atoms with Crippen molar-refractivity contribution < 1.29 is 9.31 Å². The van der Waals surface area contributed by atoms with E-state index in [9.17, 15) is 14.5 Å². The van der Waals surface area contributed by atoms with Gasteiger partial charge in [-0.1, -0.05) is 12.1 Å². The lowest BCUT2D eigenvalue weighted by Crippen LogP contribution is -1.93. The molecule has 0 heterocycles. The zero-order valence-electron chi connectivity index (χ0n) is 8.76. The van der Waals surface area contributed by atoms with E-state index in [0.717, 1.165) is 0 Å². The van der Waals surface area contributed by atoms with Crippen molar-refractivity contribution in [1.29, 1.82) is 0 Å². The quantitative estimate of drug-likeness (QED) is 0.651. The molecule has 0 radical (unpaired) electrons. The van der Waals surface area contributed by atoms with Gasteiger partial charge in [-0.15, -0.1) is 0 Å². The first-order valence-corrected chi connectivity index (χ1v) is 4.92. The molecule has 2 aromatic carbocycles. The van der Waals surface area contributed by atoms with E-state index in [4.69, 9.17) is 0 Å². The van der Waals surface area contributed by atoms with E-state index in [-0.39, 0.29) is 11.5 Å². The fourth-order valence-corrected chi connectivity index (χ4v) is 1.43. The molecule has 0 unspecified atom stereocenters. The van der Waals surface area contributed by atoms with Crippen molar-refractivity contribution >= 4 is 17.1 Å². The second-order valence-corrected chi connectivity index (χ2v) is 3.44. The van der Waals surface area contributed by atoms with Gasteiger partial charge in [0.25, 0.3) is 5.69 Å². The Morgan fingerprint density at radius 1 is 1.06 bits per heavy atom. The van der Waals surface area contributed by atoms with Gasteiger partial charge < -0.3 is 5.32 Å². The fraction of sp³-hybridized carbons (Fsp3) is 0. The third kappa shape index (κ3) is 2.78. The predicted octanol–water partition coefficient (Wildman–Crippen LogP) is 3.48. The lowest BCUT2D eigenvalue weighted by molar-refractivity contribution is -0.384. The van der Waals surface area contributed by atoms with Crippen LogP contribution in [-0.4, -0.2) is 4.92 Å². The van der Waals surface area contributed by atoms with Gasteiger partial charge in [-0.3, -0.25) is 10.1 Å². The zero-order valence-corrected chi connectivity index (χ0v) is 8.76. The van der Waals surface area contributed by atoms with Gasteiger partial charge in [0, 0.05) is 23.5 Å². The molecular weight excluding hydrogens is 223 g/mol. The lowest BCUT2D eigenvalue weighted by Gasteiger charge is -2.05. The Labute approximate surface area is 96.9 Å². The largest absolute Gasteiger partial charge is 0.355 e. The molecule has 0 saturated carbocycles. The first kappa shape index (κ1) is 11.1. The Kier molecular flexibility index (Phi) is 3.00. The molecule has 0 aliphatic carbocycles. The van der Waals surface area contributed by atoms with Gasteiger partial charge in [0.2, 0.25) is 0 Å². The van der Waals surface area contributed by atoms with Crippen molar-refractivity contribution in [2.45, 2.75) is 0 Å². The van der Waals surface area contributed by atoms with Crippen LogP contribution in [0.5, 0.6) is 0 Å². The number of halogens is 1. The molecule has 0 fully saturated rings. The lowest BCUT2D eigenvalue weighted by atomic mass is 10.2. The van der Waals surface area contributed by atoms with E-state index in [1.807, 2.05) is 0 Å². The Morgan fingerprint density at radius 2 is 1.71 bits per heavy atom. The highest BCUT2D eigenvalue weighted by Crippen LogP contribution is 2.21. The smallest absolute Gasteiger partial charge is 0.271 e. The summed E-state index contributed by atoms with van der Waals surface area (Å²) in [5.41, 5.74) is 1.08. The van der Waals surface area contributed by atoms with E-state index in [1.54, 1.807) is 24.3 Å². The number of anilines is 2. The molecule has 1 N–H and O–H groups in total. The molecule has 0 spiro atoms. The SMILES string of the molecule is O=[N+]([O-])c1cccc(Nc2cccc(F)c2)c1. The minimum Gasteiger partial charge on any atom is -0.355 e. The van der Waals surface area contributed by atoms with Gasteiger partial charge in [-0.05, 0) is 24.3 Å². The summed E-state index contributed by atoms with van der Waals surface area (Å²) in [5, 5.41) is 13.5. The molecule has 5 heteroatoms. The highest BCUT2D eigenvalue weighted by molar-refractivity contribution is 5.62. The molecule has 4 nitrogen and oxygen atoms in total. The highest BCUT2D eigenvalue weighted by atomic mass is 19.1. The van der Waals surface area contributed by atoms with Crippen LogP contribution in [0.15, 0.2) is 48.5 Å². The van der Waals surface area contributed by atoms with E-state index in [0.29, 0.717) is 11.4 Å². The van der Waals surface area contributed by atoms with Crippen molar-refractivity contribution in [1.82, 2.24) is 0 Å². The van der Waals surface area contributed by atoms with Gasteiger partial charge in [0.05, 0.1) is 4.92 Å². The number of nitrogens with zero attached hydrogens (tertiary/aromatic N) is 1. The standard InChI is InChI=1S/C12H9FN2O2/c13-9-3-1-4-10(7-9)14-11-5-2-6-12(8-11)15(16)17/h1-8,14H. The summed E-state index contributed by atoms with van der Waals surface area (Å²) in [4.78, 5) is 10.1. The molecule has 0 aliphatic rings. The molecule has 0 aromatic heterocycles. The minimum atomic E-state index is -0.475. The third-order valence-electron chi connectivity index (χ3n) is 2.17. The Hall–Kier alpha value is -2.43. The molecular formula is C12H9FN2O2. The number of nitrogens with one attached hydrogen (secondary N) is 1. The summed E-state index contributed by atoms with van der Waals surface area (Å²) in [6, 6.07) is 11.9. The Morgan fingerprint density at radius 3 is 2.35 bits per heavy atom. The zero-order chi connectivity index (χ0) is 12.3. The van der Waals surface area contributed by atoms with Crippen molar-refractivity contribution in [2.75, 3.05) is 5.32 Å². The topological polar surface area (TPSA) is 55.2 Å². The fourth-order valence-electron chi connectivity index (χ4n) is 1.43. The Balaban J connectivity index is 2.24. The minimum absolute atomic E-state index is 0.00796. The average Bonchev–Trinajstić information content (AvgIpc) is 2.29. The van der Waals surface area contributed by atoms with E-state index in [2.05, 4.69) is 5.32 Å². The third-order valence-corrected chi connectivity index (χ3v) is 2.17. The molecule has 2 rings (SSSR count). The molecule has 2 aromatic rings. The molecule has 86 valence electrons. The van der Waals surface area contributed by atoms with Crippen molar-refractivity contribution in [3.8, 4) is 0 Å². The van der Waals surface area contributed by atoms with Crippen LogP contribution in [0.1, 0.15) is 0 Å². The van der Waals surface area contributed by atoms with Gasteiger partial charge in [0.1, 0.15) is 5.82 Å².